The maximum atomic E-state index is 9.70. The predicted octanol–water partition coefficient (Wildman–Crippen LogP) is 3.48. The highest BCUT2D eigenvalue weighted by Gasteiger charge is 2.22. The second kappa shape index (κ2) is 6.74. The van der Waals surface area contributed by atoms with Crippen LogP contribution in [0.2, 0.25) is 0 Å². The Bertz CT molecular complexity index is 550. The van der Waals surface area contributed by atoms with E-state index in [2.05, 4.69) is 0 Å². The fourth-order valence-corrected chi connectivity index (χ4v) is 2.53. The molecule has 2 unspecified atom stereocenters. The van der Waals surface area contributed by atoms with Gasteiger partial charge in [0.05, 0.1) is 12.2 Å². The van der Waals surface area contributed by atoms with Gasteiger partial charge in [-0.15, -0.1) is 0 Å². The van der Waals surface area contributed by atoms with Crippen molar-refractivity contribution in [2.24, 2.45) is 0 Å². The van der Waals surface area contributed by atoms with E-state index < -0.39 is 0 Å². The van der Waals surface area contributed by atoms with Crippen LogP contribution in [0.1, 0.15) is 30.1 Å². The number of ether oxygens (including phenoxy) is 2. The summed E-state index contributed by atoms with van der Waals surface area (Å²) in [6.45, 7) is 1.19. The van der Waals surface area contributed by atoms with E-state index in [1.54, 1.807) is 0 Å². The molecule has 3 rings (SSSR count). The van der Waals surface area contributed by atoms with Gasteiger partial charge in [0.15, 0.2) is 0 Å². The topological polar surface area (TPSA) is 38.7 Å². The van der Waals surface area contributed by atoms with Crippen LogP contribution in [-0.2, 0) is 11.3 Å². The van der Waals surface area contributed by atoms with Gasteiger partial charge in [-0.05, 0) is 29.7 Å². The van der Waals surface area contributed by atoms with Crippen molar-refractivity contribution in [3.63, 3.8) is 0 Å². The van der Waals surface area contributed by atoms with Crippen LogP contribution in [0, 0.1) is 0 Å². The lowest BCUT2D eigenvalue weighted by Gasteiger charge is -2.26. The van der Waals surface area contributed by atoms with E-state index in [9.17, 15) is 5.11 Å². The highest BCUT2D eigenvalue weighted by molar-refractivity contribution is 5.29. The molecule has 3 heteroatoms. The fraction of sp³-hybridized carbons (Fsp3) is 0.333. The molecule has 0 aromatic heterocycles. The summed E-state index contributed by atoms with van der Waals surface area (Å²) >= 11 is 0. The SMILES string of the molecule is OC1CCOC(c2ccc(OCc3ccccc3)cc2)C1. The molecule has 0 radical (unpaired) electrons. The van der Waals surface area contributed by atoms with E-state index in [0.29, 0.717) is 19.6 Å². The molecule has 0 saturated carbocycles. The van der Waals surface area contributed by atoms with Crippen molar-refractivity contribution in [1.82, 2.24) is 0 Å². The lowest BCUT2D eigenvalue weighted by Crippen LogP contribution is -2.23. The molecule has 2 aromatic rings. The second-order valence-electron chi connectivity index (χ2n) is 5.38. The van der Waals surface area contributed by atoms with Gasteiger partial charge in [0.2, 0.25) is 0 Å². The van der Waals surface area contributed by atoms with Gasteiger partial charge in [0, 0.05) is 13.0 Å². The van der Waals surface area contributed by atoms with Crippen LogP contribution in [0.5, 0.6) is 5.75 Å². The number of benzene rings is 2. The molecule has 21 heavy (non-hydrogen) atoms. The molecule has 110 valence electrons. The minimum atomic E-state index is -0.252. The summed E-state index contributed by atoms with van der Waals surface area (Å²) < 4.78 is 11.5. The smallest absolute Gasteiger partial charge is 0.119 e. The van der Waals surface area contributed by atoms with Gasteiger partial charge in [-0.1, -0.05) is 42.5 Å². The average Bonchev–Trinajstić information content (AvgIpc) is 2.54. The molecule has 3 nitrogen and oxygen atoms in total. The first-order chi connectivity index (χ1) is 10.3. The van der Waals surface area contributed by atoms with Crippen LogP contribution in [0.4, 0.5) is 0 Å². The zero-order valence-corrected chi connectivity index (χ0v) is 11.9. The third-order valence-corrected chi connectivity index (χ3v) is 3.76. The molecule has 0 bridgehead atoms. The van der Waals surface area contributed by atoms with E-state index >= 15 is 0 Å². The van der Waals surface area contributed by atoms with E-state index in [1.165, 1.54) is 0 Å². The third-order valence-electron chi connectivity index (χ3n) is 3.76. The van der Waals surface area contributed by atoms with Gasteiger partial charge in [0.25, 0.3) is 0 Å². The standard InChI is InChI=1S/C18H20O3/c19-16-10-11-20-18(12-16)15-6-8-17(9-7-15)21-13-14-4-2-1-3-5-14/h1-9,16,18-19H,10-13H2. The Morgan fingerprint density at radius 2 is 1.81 bits per heavy atom. The highest BCUT2D eigenvalue weighted by atomic mass is 16.5. The number of hydrogen-bond acceptors (Lipinski definition) is 3. The monoisotopic (exact) mass is 284 g/mol. The fourth-order valence-electron chi connectivity index (χ4n) is 2.53. The van der Waals surface area contributed by atoms with Crippen LogP contribution in [0.25, 0.3) is 0 Å². The van der Waals surface area contributed by atoms with Crippen LogP contribution in [0.3, 0.4) is 0 Å². The number of aliphatic hydroxyl groups excluding tert-OH is 1. The molecule has 2 atom stereocenters. The molecule has 1 saturated heterocycles. The highest BCUT2D eigenvalue weighted by Crippen LogP contribution is 2.29. The van der Waals surface area contributed by atoms with Crippen molar-refractivity contribution >= 4 is 0 Å². The summed E-state index contributed by atoms with van der Waals surface area (Å²) in [6.07, 6.45) is 1.15. The first-order valence-corrected chi connectivity index (χ1v) is 7.37. The first kappa shape index (κ1) is 14.1. The lowest BCUT2D eigenvalue weighted by molar-refractivity contribution is -0.0448. The molecule has 0 amide bonds. The minimum absolute atomic E-state index is 0.00285. The Hall–Kier alpha value is -1.84. The largest absolute Gasteiger partial charge is 0.489 e. The van der Waals surface area contributed by atoms with E-state index in [1.807, 2.05) is 54.6 Å². The Balaban J connectivity index is 1.59. The Morgan fingerprint density at radius 1 is 1.05 bits per heavy atom. The molecular weight excluding hydrogens is 264 g/mol. The van der Waals surface area contributed by atoms with Crippen LogP contribution < -0.4 is 4.74 Å². The molecule has 1 N–H and O–H groups in total. The van der Waals surface area contributed by atoms with Crippen LogP contribution in [-0.4, -0.2) is 17.8 Å². The molecule has 0 aliphatic carbocycles. The molecule has 1 aliphatic rings. The first-order valence-electron chi connectivity index (χ1n) is 7.37. The van der Waals surface area contributed by atoms with Gasteiger partial charge < -0.3 is 14.6 Å². The Kier molecular flexibility index (Phi) is 4.53. The Morgan fingerprint density at radius 3 is 2.52 bits per heavy atom. The van der Waals surface area contributed by atoms with Crippen molar-refractivity contribution in [2.75, 3.05) is 6.61 Å². The van der Waals surface area contributed by atoms with Crippen molar-refractivity contribution in [3.8, 4) is 5.75 Å². The van der Waals surface area contributed by atoms with Gasteiger partial charge in [-0.3, -0.25) is 0 Å². The van der Waals surface area contributed by atoms with Gasteiger partial charge in [0.1, 0.15) is 12.4 Å². The quantitative estimate of drug-likeness (QED) is 0.934. The summed E-state index contributed by atoms with van der Waals surface area (Å²) in [6, 6.07) is 18.1. The van der Waals surface area contributed by atoms with Crippen molar-refractivity contribution in [2.45, 2.75) is 31.7 Å². The zero-order chi connectivity index (χ0) is 14.5. The van der Waals surface area contributed by atoms with Crippen molar-refractivity contribution in [3.05, 3.63) is 65.7 Å². The zero-order valence-electron chi connectivity index (χ0n) is 11.9. The lowest BCUT2D eigenvalue weighted by atomic mass is 9.99. The molecule has 2 aromatic carbocycles. The van der Waals surface area contributed by atoms with E-state index in [0.717, 1.165) is 23.3 Å². The van der Waals surface area contributed by atoms with Gasteiger partial charge in [-0.2, -0.15) is 0 Å². The predicted molar refractivity (Wildman–Crippen MR) is 81.1 cm³/mol. The second-order valence-corrected chi connectivity index (χ2v) is 5.38. The minimum Gasteiger partial charge on any atom is -0.489 e. The summed E-state index contributed by atoms with van der Waals surface area (Å²) in [5.41, 5.74) is 2.25. The number of aliphatic hydroxyl groups is 1. The third kappa shape index (κ3) is 3.84. The van der Waals surface area contributed by atoms with E-state index in [4.69, 9.17) is 9.47 Å². The summed E-state index contributed by atoms with van der Waals surface area (Å²) in [5.74, 6) is 0.846. The summed E-state index contributed by atoms with van der Waals surface area (Å²) in [4.78, 5) is 0. The molecule has 1 aliphatic heterocycles. The van der Waals surface area contributed by atoms with Crippen molar-refractivity contribution in [1.29, 1.82) is 0 Å². The van der Waals surface area contributed by atoms with Crippen LogP contribution >= 0.6 is 0 Å². The van der Waals surface area contributed by atoms with E-state index in [-0.39, 0.29) is 12.2 Å². The van der Waals surface area contributed by atoms with Gasteiger partial charge >= 0.3 is 0 Å². The molecule has 0 spiro atoms. The molecule has 1 heterocycles. The summed E-state index contributed by atoms with van der Waals surface area (Å²) in [5, 5.41) is 9.70. The molecular formula is C18H20O3. The normalized spacial score (nSPS) is 22.0. The number of hydrogen-bond donors (Lipinski definition) is 1. The van der Waals surface area contributed by atoms with Gasteiger partial charge in [-0.25, -0.2) is 0 Å². The maximum absolute atomic E-state index is 9.70. The van der Waals surface area contributed by atoms with Crippen molar-refractivity contribution < 1.29 is 14.6 Å². The molecule has 1 fully saturated rings. The Labute approximate surface area is 125 Å². The number of rotatable bonds is 4. The average molecular weight is 284 g/mol. The van der Waals surface area contributed by atoms with Crippen LogP contribution in [0.15, 0.2) is 54.6 Å². The maximum Gasteiger partial charge on any atom is 0.119 e. The summed E-state index contributed by atoms with van der Waals surface area (Å²) in [7, 11) is 0.